The fourth-order valence-corrected chi connectivity index (χ4v) is 3.56. The van der Waals surface area contributed by atoms with Crippen molar-refractivity contribution in [1.29, 1.82) is 0 Å². The Kier molecular flexibility index (Phi) is 7.39. The molecule has 7 heteroatoms. The maximum atomic E-state index is 12.1. The normalized spacial score (nSPS) is 11.0. The molecular weight excluding hydrogens is 392 g/mol. The molecule has 2 heterocycles. The highest BCUT2D eigenvalue weighted by Crippen LogP contribution is 2.17. The zero-order chi connectivity index (χ0) is 22.4. The molecule has 3 rings (SSSR count). The lowest BCUT2D eigenvalue weighted by Crippen LogP contribution is -2.28. The van der Waals surface area contributed by atoms with Crippen LogP contribution in [-0.2, 0) is 27.2 Å². The molecule has 7 nitrogen and oxygen atoms in total. The van der Waals surface area contributed by atoms with E-state index in [-0.39, 0.29) is 24.9 Å². The van der Waals surface area contributed by atoms with Crippen LogP contribution >= 0.6 is 0 Å². The molecule has 0 saturated heterocycles. The minimum atomic E-state index is -0.288. The Bertz CT molecular complexity index is 1070. The van der Waals surface area contributed by atoms with E-state index in [0.29, 0.717) is 25.8 Å². The van der Waals surface area contributed by atoms with Gasteiger partial charge in [0.2, 0.25) is 5.91 Å². The molecule has 0 radical (unpaired) electrons. The lowest BCUT2D eigenvalue weighted by Gasteiger charge is -2.11. The van der Waals surface area contributed by atoms with Crippen molar-refractivity contribution in [3.05, 3.63) is 64.1 Å². The van der Waals surface area contributed by atoms with Crippen LogP contribution in [0.2, 0.25) is 0 Å². The fraction of sp³-hybridized carbons (Fsp3) is 0.417. The molecule has 31 heavy (non-hydrogen) atoms. The van der Waals surface area contributed by atoms with Crippen molar-refractivity contribution in [3.8, 4) is 0 Å². The van der Waals surface area contributed by atoms with Crippen LogP contribution in [0.1, 0.15) is 46.6 Å². The number of hydrogen-bond donors (Lipinski definition) is 1. The predicted octanol–water partition coefficient (Wildman–Crippen LogP) is 3.19. The number of benzene rings is 1. The average molecular weight is 423 g/mol. The first-order valence-corrected chi connectivity index (χ1v) is 10.6. The highest BCUT2D eigenvalue weighted by Gasteiger charge is 2.13. The number of nitrogens with zero attached hydrogens (tertiary/aromatic N) is 3. The van der Waals surface area contributed by atoms with Gasteiger partial charge in [0.05, 0.1) is 12.2 Å². The van der Waals surface area contributed by atoms with Crippen LogP contribution in [0.4, 0.5) is 0 Å². The van der Waals surface area contributed by atoms with Crippen LogP contribution in [0.5, 0.6) is 0 Å². The van der Waals surface area contributed by atoms with E-state index in [4.69, 9.17) is 4.74 Å². The molecule has 1 N–H and O–H groups in total. The summed E-state index contributed by atoms with van der Waals surface area (Å²) in [6.45, 7) is 8.39. The van der Waals surface area contributed by atoms with Gasteiger partial charge in [-0.25, -0.2) is 9.50 Å². The van der Waals surface area contributed by atoms with Gasteiger partial charge in [0.25, 0.3) is 0 Å². The van der Waals surface area contributed by atoms with Crippen molar-refractivity contribution < 1.29 is 14.3 Å². The summed E-state index contributed by atoms with van der Waals surface area (Å²) in [5, 5.41) is 7.25. The zero-order valence-corrected chi connectivity index (χ0v) is 18.7. The van der Waals surface area contributed by atoms with Gasteiger partial charge in [0.1, 0.15) is 6.61 Å². The molecule has 0 bridgehead atoms. The second kappa shape index (κ2) is 10.2. The molecule has 0 saturated carbocycles. The number of rotatable bonds is 9. The van der Waals surface area contributed by atoms with Crippen LogP contribution in [0.3, 0.4) is 0 Å². The number of hydrogen-bond acceptors (Lipinski definition) is 5. The number of aromatic nitrogens is 3. The molecule has 164 valence electrons. The van der Waals surface area contributed by atoms with Crippen LogP contribution < -0.4 is 5.32 Å². The highest BCUT2D eigenvalue weighted by atomic mass is 16.5. The number of fused-ring (bicyclic) bond motifs is 1. The number of ether oxygens (including phenoxy) is 1. The van der Waals surface area contributed by atoms with Gasteiger partial charge in [-0.05, 0) is 51.7 Å². The minimum absolute atomic E-state index is 0.0447. The molecule has 0 aliphatic heterocycles. The molecule has 0 unspecified atom stereocenters. The van der Waals surface area contributed by atoms with Crippen LogP contribution in [0, 0.1) is 27.7 Å². The number of carbonyl (C=O) groups excluding carboxylic acids is 2. The van der Waals surface area contributed by atoms with E-state index in [0.717, 1.165) is 33.9 Å². The summed E-state index contributed by atoms with van der Waals surface area (Å²) in [5.74, 6) is -0.332. The monoisotopic (exact) mass is 422 g/mol. The van der Waals surface area contributed by atoms with Crippen molar-refractivity contribution >= 4 is 17.5 Å². The molecule has 2 aromatic heterocycles. The Labute approximate surface area is 182 Å². The SMILES string of the molecule is Cc1ccc(CCC(=O)NCCOC(=O)CCc2c(C)nc3cc(C)nn3c2C)cc1. The molecule has 0 fully saturated rings. The van der Waals surface area contributed by atoms with E-state index in [1.54, 1.807) is 0 Å². The van der Waals surface area contributed by atoms with E-state index in [9.17, 15) is 9.59 Å². The quantitative estimate of drug-likeness (QED) is 0.423. The summed E-state index contributed by atoms with van der Waals surface area (Å²) in [5.41, 5.74) is 6.97. The molecule has 0 aliphatic rings. The number of aryl methyl sites for hydroxylation is 5. The summed E-state index contributed by atoms with van der Waals surface area (Å²) >= 11 is 0. The lowest BCUT2D eigenvalue weighted by atomic mass is 10.1. The van der Waals surface area contributed by atoms with Crippen molar-refractivity contribution in [2.45, 2.75) is 53.4 Å². The predicted molar refractivity (Wildman–Crippen MR) is 119 cm³/mol. The lowest BCUT2D eigenvalue weighted by molar-refractivity contribution is -0.143. The van der Waals surface area contributed by atoms with Gasteiger partial charge in [-0.3, -0.25) is 9.59 Å². The van der Waals surface area contributed by atoms with Crippen molar-refractivity contribution in [2.24, 2.45) is 0 Å². The van der Waals surface area contributed by atoms with Gasteiger partial charge < -0.3 is 10.1 Å². The van der Waals surface area contributed by atoms with E-state index < -0.39 is 0 Å². The maximum Gasteiger partial charge on any atom is 0.306 e. The van der Waals surface area contributed by atoms with Crippen molar-refractivity contribution in [2.75, 3.05) is 13.2 Å². The second-order valence-corrected chi connectivity index (χ2v) is 7.87. The summed E-state index contributed by atoms with van der Waals surface area (Å²) in [6.07, 6.45) is 1.91. The molecule has 3 aromatic rings. The number of nitrogens with one attached hydrogen (secondary N) is 1. The van der Waals surface area contributed by atoms with Gasteiger partial charge in [-0.2, -0.15) is 5.10 Å². The molecule has 1 aromatic carbocycles. The zero-order valence-electron chi connectivity index (χ0n) is 18.7. The van der Waals surface area contributed by atoms with Gasteiger partial charge in [-0.15, -0.1) is 0 Å². The van der Waals surface area contributed by atoms with E-state index in [1.807, 2.05) is 62.5 Å². The number of amides is 1. The average Bonchev–Trinajstić information content (AvgIpc) is 3.11. The van der Waals surface area contributed by atoms with Crippen LogP contribution in [0.15, 0.2) is 30.3 Å². The minimum Gasteiger partial charge on any atom is -0.464 e. The van der Waals surface area contributed by atoms with E-state index in [2.05, 4.69) is 15.4 Å². The summed E-state index contributed by atoms with van der Waals surface area (Å²) < 4.78 is 7.08. The standard InChI is InChI=1S/C24H30N4O3/c1-16-5-7-20(8-6-16)9-11-23(29)25-13-14-31-24(30)12-10-21-18(3)26-22-15-17(2)27-28(22)19(21)4/h5-8,15H,9-14H2,1-4H3,(H,25,29). The second-order valence-electron chi connectivity index (χ2n) is 7.87. The van der Waals surface area contributed by atoms with Gasteiger partial charge in [0, 0.05) is 30.3 Å². The van der Waals surface area contributed by atoms with E-state index >= 15 is 0 Å². The Morgan fingerprint density at radius 3 is 2.52 bits per heavy atom. The number of esters is 1. The third-order valence-corrected chi connectivity index (χ3v) is 5.31. The molecule has 0 atom stereocenters. The Morgan fingerprint density at radius 2 is 1.77 bits per heavy atom. The third-order valence-electron chi connectivity index (χ3n) is 5.31. The first-order valence-electron chi connectivity index (χ1n) is 10.6. The molecule has 0 aliphatic carbocycles. The summed E-state index contributed by atoms with van der Waals surface area (Å²) in [6, 6.07) is 10.1. The largest absolute Gasteiger partial charge is 0.464 e. The summed E-state index contributed by atoms with van der Waals surface area (Å²) in [7, 11) is 0. The molecule has 0 spiro atoms. The van der Waals surface area contributed by atoms with Gasteiger partial charge in [0.15, 0.2) is 5.65 Å². The third kappa shape index (κ3) is 6.13. The highest BCUT2D eigenvalue weighted by molar-refractivity contribution is 5.76. The van der Waals surface area contributed by atoms with Gasteiger partial charge >= 0.3 is 5.97 Å². The Balaban J connectivity index is 1.37. The van der Waals surface area contributed by atoms with Crippen molar-refractivity contribution in [3.63, 3.8) is 0 Å². The Hall–Kier alpha value is -3.22. The first-order chi connectivity index (χ1) is 14.8. The Morgan fingerprint density at radius 1 is 1.03 bits per heavy atom. The topological polar surface area (TPSA) is 85.6 Å². The molecular formula is C24H30N4O3. The smallest absolute Gasteiger partial charge is 0.306 e. The maximum absolute atomic E-state index is 12.1. The first kappa shape index (κ1) is 22.5. The number of carbonyl (C=O) groups is 2. The van der Waals surface area contributed by atoms with Crippen molar-refractivity contribution in [1.82, 2.24) is 19.9 Å². The van der Waals surface area contributed by atoms with Gasteiger partial charge in [-0.1, -0.05) is 29.8 Å². The summed E-state index contributed by atoms with van der Waals surface area (Å²) in [4.78, 5) is 28.6. The van der Waals surface area contributed by atoms with E-state index in [1.165, 1.54) is 5.56 Å². The fourth-order valence-electron chi connectivity index (χ4n) is 3.56. The van der Waals surface area contributed by atoms with Crippen LogP contribution in [0.25, 0.3) is 5.65 Å². The molecule has 1 amide bonds. The van der Waals surface area contributed by atoms with Crippen LogP contribution in [-0.4, -0.2) is 39.6 Å².